The highest BCUT2D eigenvalue weighted by Crippen LogP contribution is 2.36. The van der Waals surface area contributed by atoms with Crippen LogP contribution < -0.4 is 14.4 Å². The summed E-state index contributed by atoms with van der Waals surface area (Å²) >= 11 is 6.66. The maximum absolute atomic E-state index is 13.0. The maximum Gasteiger partial charge on any atom is 0.287 e. The first-order chi connectivity index (χ1) is 15.9. The normalized spacial score (nSPS) is 14.6. The molecule has 0 saturated carbocycles. The standard InChI is InChI=1S/C23H17N3O5S2/c1-2-30-18-10-5-16(6-11-18)25-22(27)20(33-23(25)32)13-15-3-8-19(9-4-15)31-21-12-7-17(14-24-21)26(28)29/h3-14H,2H2,1H3/b20-13-. The number of thiocarbonyl (C=S) groups is 1. The van der Waals surface area contributed by atoms with Crippen LogP contribution in [0.15, 0.2) is 71.8 Å². The second-order valence-corrected chi connectivity index (χ2v) is 8.40. The minimum Gasteiger partial charge on any atom is -0.494 e. The van der Waals surface area contributed by atoms with Crippen LogP contribution in [-0.2, 0) is 4.79 Å². The maximum atomic E-state index is 13.0. The predicted molar refractivity (Wildman–Crippen MR) is 131 cm³/mol. The largest absolute Gasteiger partial charge is 0.494 e. The molecule has 0 spiro atoms. The summed E-state index contributed by atoms with van der Waals surface area (Å²) < 4.78 is 11.5. The van der Waals surface area contributed by atoms with Crippen LogP contribution in [0.25, 0.3) is 6.08 Å². The summed E-state index contributed by atoms with van der Waals surface area (Å²) in [4.78, 5) is 29.1. The monoisotopic (exact) mass is 479 g/mol. The molecule has 1 aliphatic heterocycles. The van der Waals surface area contributed by atoms with Gasteiger partial charge in [0.05, 0.1) is 22.1 Å². The lowest BCUT2D eigenvalue weighted by Crippen LogP contribution is -2.27. The van der Waals surface area contributed by atoms with Crippen LogP contribution in [0, 0.1) is 10.1 Å². The second-order valence-electron chi connectivity index (χ2n) is 6.73. The molecule has 0 aliphatic carbocycles. The molecule has 3 aromatic rings. The quantitative estimate of drug-likeness (QED) is 0.187. The Bertz CT molecular complexity index is 1230. The third-order valence-electron chi connectivity index (χ3n) is 4.53. The molecule has 8 nitrogen and oxygen atoms in total. The fraction of sp³-hybridized carbons (Fsp3) is 0.0870. The Morgan fingerprint density at radius 2 is 1.79 bits per heavy atom. The van der Waals surface area contributed by atoms with Gasteiger partial charge in [0.1, 0.15) is 17.7 Å². The highest BCUT2D eigenvalue weighted by Gasteiger charge is 2.33. The number of benzene rings is 2. The average Bonchev–Trinajstić information content (AvgIpc) is 3.09. The van der Waals surface area contributed by atoms with Crippen molar-refractivity contribution >= 4 is 51.7 Å². The molecule has 10 heteroatoms. The van der Waals surface area contributed by atoms with Gasteiger partial charge in [0.2, 0.25) is 5.88 Å². The van der Waals surface area contributed by atoms with Gasteiger partial charge in [-0.1, -0.05) is 36.1 Å². The number of ether oxygens (including phenoxy) is 2. The minimum atomic E-state index is -0.524. The molecule has 0 unspecified atom stereocenters. The molecule has 1 aromatic heterocycles. The third kappa shape index (κ3) is 5.18. The number of anilines is 1. The molecule has 1 saturated heterocycles. The number of amides is 1. The molecule has 2 heterocycles. The number of rotatable bonds is 7. The molecule has 166 valence electrons. The van der Waals surface area contributed by atoms with E-state index >= 15 is 0 Å². The van der Waals surface area contributed by atoms with Crippen molar-refractivity contribution < 1.29 is 19.2 Å². The van der Waals surface area contributed by atoms with E-state index in [1.165, 1.54) is 28.8 Å². The second kappa shape index (κ2) is 9.80. The molecule has 0 bridgehead atoms. The van der Waals surface area contributed by atoms with Crippen molar-refractivity contribution in [3.63, 3.8) is 0 Å². The van der Waals surface area contributed by atoms with Gasteiger partial charge in [-0.25, -0.2) is 4.98 Å². The van der Waals surface area contributed by atoms with Crippen LogP contribution >= 0.6 is 24.0 Å². The number of carbonyl (C=O) groups excluding carboxylic acids is 1. The van der Waals surface area contributed by atoms with Crippen molar-refractivity contribution in [1.82, 2.24) is 4.98 Å². The topological polar surface area (TPSA) is 94.8 Å². The van der Waals surface area contributed by atoms with Crippen LogP contribution in [0.5, 0.6) is 17.4 Å². The first-order valence-electron chi connectivity index (χ1n) is 9.84. The number of aromatic nitrogens is 1. The van der Waals surface area contributed by atoms with E-state index in [1.807, 2.05) is 6.92 Å². The van der Waals surface area contributed by atoms with Crippen LogP contribution in [0.3, 0.4) is 0 Å². The molecular weight excluding hydrogens is 462 g/mol. The van der Waals surface area contributed by atoms with Gasteiger partial charge in [-0.2, -0.15) is 0 Å². The smallest absolute Gasteiger partial charge is 0.287 e. The molecule has 2 aromatic carbocycles. The van der Waals surface area contributed by atoms with Gasteiger partial charge in [0, 0.05) is 12.1 Å². The van der Waals surface area contributed by atoms with Crippen LogP contribution in [0.4, 0.5) is 11.4 Å². The van der Waals surface area contributed by atoms with E-state index in [2.05, 4.69) is 4.98 Å². The highest BCUT2D eigenvalue weighted by molar-refractivity contribution is 8.27. The van der Waals surface area contributed by atoms with E-state index in [9.17, 15) is 14.9 Å². The fourth-order valence-electron chi connectivity index (χ4n) is 2.99. The zero-order valence-electron chi connectivity index (χ0n) is 17.3. The van der Waals surface area contributed by atoms with Crippen molar-refractivity contribution in [3.05, 3.63) is 87.4 Å². The summed E-state index contributed by atoms with van der Waals surface area (Å²) in [5.41, 5.74) is 1.37. The van der Waals surface area contributed by atoms with Gasteiger partial charge < -0.3 is 9.47 Å². The SMILES string of the molecule is CCOc1ccc(N2C(=O)/C(=C/c3ccc(Oc4ccc([N+](=O)[O-])cn4)cc3)SC2=S)cc1. The van der Waals surface area contributed by atoms with E-state index in [0.717, 1.165) is 17.5 Å². The number of nitrogens with zero attached hydrogens (tertiary/aromatic N) is 3. The third-order valence-corrected chi connectivity index (χ3v) is 5.83. The van der Waals surface area contributed by atoms with E-state index in [0.29, 0.717) is 27.3 Å². The summed E-state index contributed by atoms with van der Waals surface area (Å²) in [6.45, 7) is 2.48. The Kier molecular flexibility index (Phi) is 6.66. The van der Waals surface area contributed by atoms with Crippen molar-refractivity contribution in [1.29, 1.82) is 0 Å². The summed E-state index contributed by atoms with van der Waals surface area (Å²) in [5.74, 6) is 1.29. The molecule has 4 rings (SSSR count). The summed E-state index contributed by atoms with van der Waals surface area (Å²) in [6.07, 6.45) is 2.90. The van der Waals surface area contributed by atoms with E-state index in [4.69, 9.17) is 21.7 Å². The Hall–Kier alpha value is -3.76. The molecule has 0 N–H and O–H groups in total. The van der Waals surface area contributed by atoms with Crippen LogP contribution in [0.1, 0.15) is 12.5 Å². The van der Waals surface area contributed by atoms with Gasteiger partial charge in [-0.05, 0) is 55.0 Å². The molecule has 33 heavy (non-hydrogen) atoms. The molecule has 0 atom stereocenters. The molecule has 1 fully saturated rings. The lowest BCUT2D eigenvalue weighted by Gasteiger charge is -2.15. The van der Waals surface area contributed by atoms with Gasteiger partial charge in [-0.3, -0.25) is 19.8 Å². The van der Waals surface area contributed by atoms with Gasteiger partial charge in [0.25, 0.3) is 11.6 Å². The fourth-order valence-corrected chi connectivity index (χ4v) is 4.29. The highest BCUT2D eigenvalue weighted by atomic mass is 32.2. The van der Waals surface area contributed by atoms with Crippen molar-refractivity contribution in [2.75, 3.05) is 11.5 Å². The Morgan fingerprint density at radius 1 is 1.09 bits per heavy atom. The van der Waals surface area contributed by atoms with Gasteiger partial charge in [0.15, 0.2) is 4.32 Å². The lowest BCUT2D eigenvalue weighted by atomic mass is 10.2. The number of thioether (sulfide) groups is 1. The number of nitro groups is 1. The van der Waals surface area contributed by atoms with Crippen molar-refractivity contribution in [2.24, 2.45) is 0 Å². The summed E-state index contributed by atoms with van der Waals surface area (Å²) in [7, 11) is 0. The number of hydrogen-bond acceptors (Lipinski definition) is 8. The molecule has 1 aliphatic rings. The lowest BCUT2D eigenvalue weighted by molar-refractivity contribution is -0.385. The van der Waals surface area contributed by atoms with Gasteiger partial charge in [-0.15, -0.1) is 0 Å². The number of carbonyl (C=O) groups is 1. The van der Waals surface area contributed by atoms with Gasteiger partial charge >= 0.3 is 0 Å². The average molecular weight is 480 g/mol. The van der Waals surface area contributed by atoms with E-state index in [-0.39, 0.29) is 17.5 Å². The number of hydrogen-bond donors (Lipinski definition) is 0. The van der Waals surface area contributed by atoms with Crippen molar-refractivity contribution in [3.8, 4) is 17.4 Å². The Balaban J connectivity index is 1.45. The zero-order chi connectivity index (χ0) is 23.4. The van der Waals surface area contributed by atoms with E-state index in [1.54, 1.807) is 54.6 Å². The van der Waals surface area contributed by atoms with E-state index < -0.39 is 4.92 Å². The summed E-state index contributed by atoms with van der Waals surface area (Å²) in [5, 5.41) is 10.7. The number of pyridine rings is 1. The molecule has 0 radical (unpaired) electrons. The Morgan fingerprint density at radius 3 is 2.39 bits per heavy atom. The Labute approximate surface area is 199 Å². The van der Waals surface area contributed by atoms with Crippen molar-refractivity contribution in [2.45, 2.75) is 6.92 Å². The molecule has 1 amide bonds. The summed E-state index contributed by atoms with van der Waals surface area (Å²) in [6, 6.07) is 17.0. The van der Waals surface area contributed by atoms with Crippen LogP contribution in [-0.4, -0.2) is 26.7 Å². The first-order valence-corrected chi connectivity index (χ1v) is 11.1. The molecular formula is C23H17N3O5S2. The zero-order valence-corrected chi connectivity index (χ0v) is 19.0. The minimum absolute atomic E-state index is 0.111. The predicted octanol–water partition coefficient (Wildman–Crippen LogP) is 5.59. The van der Waals surface area contributed by atoms with Crippen LogP contribution in [0.2, 0.25) is 0 Å². The first kappa shape index (κ1) is 22.4.